The van der Waals surface area contributed by atoms with Gasteiger partial charge in [-0.15, -0.1) is 0 Å². The number of anilines is 2. The predicted molar refractivity (Wildman–Crippen MR) is 70.5 cm³/mol. The highest BCUT2D eigenvalue weighted by Gasteiger charge is 2.04. The molecule has 5 heteroatoms. The Morgan fingerprint density at radius 2 is 2.00 bits per heavy atom. The van der Waals surface area contributed by atoms with Gasteiger partial charge in [0.15, 0.2) is 0 Å². The van der Waals surface area contributed by atoms with Gasteiger partial charge in [0.2, 0.25) is 0 Å². The van der Waals surface area contributed by atoms with E-state index < -0.39 is 0 Å². The summed E-state index contributed by atoms with van der Waals surface area (Å²) in [5.74, 6) is 1.35. The van der Waals surface area contributed by atoms with E-state index in [0.29, 0.717) is 16.0 Å². The van der Waals surface area contributed by atoms with Gasteiger partial charge in [-0.05, 0) is 24.3 Å². The van der Waals surface area contributed by atoms with Crippen molar-refractivity contribution in [1.29, 1.82) is 0 Å². The molecule has 0 aliphatic heterocycles. The largest absolute Gasteiger partial charge is 0.497 e. The minimum absolute atomic E-state index is 0.425. The van der Waals surface area contributed by atoms with Gasteiger partial charge in [0.1, 0.15) is 16.7 Å². The van der Waals surface area contributed by atoms with Gasteiger partial charge < -0.3 is 10.1 Å². The third kappa shape index (κ3) is 3.02. The van der Waals surface area contributed by atoms with E-state index in [-0.39, 0.29) is 0 Å². The fraction of sp³-hybridized carbons (Fsp3) is 0.0833. The van der Waals surface area contributed by atoms with Crippen molar-refractivity contribution in [2.45, 2.75) is 0 Å². The van der Waals surface area contributed by atoms with E-state index in [2.05, 4.69) is 10.3 Å². The molecule has 2 aromatic rings. The molecule has 0 aliphatic carbocycles. The average Bonchev–Trinajstić information content (AvgIpc) is 2.32. The highest BCUT2D eigenvalue weighted by molar-refractivity contribution is 6.33. The molecule has 1 heterocycles. The van der Waals surface area contributed by atoms with Crippen molar-refractivity contribution >= 4 is 34.7 Å². The quantitative estimate of drug-likeness (QED) is 0.850. The van der Waals surface area contributed by atoms with E-state index in [9.17, 15) is 0 Å². The Morgan fingerprint density at radius 3 is 2.71 bits per heavy atom. The van der Waals surface area contributed by atoms with Crippen LogP contribution in [0.1, 0.15) is 0 Å². The molecule has 0 fully saturated rings. The molecule has 1 N–H and O–H groups in total. The maximum atomic E-state index is 6.06. The third-order valence-electron chi connectivity index (χ3n) is 2.15. The predicted octanol–water partition coefficient (Wildman–Crippen LogP) is 4.14. The van der Waals surface area contributed by atoms with Crippen LogP contribution in [-0.2, 0) is 0 Å². The second kappa shape index (κ2) is 5.25. The summed E-state index contributed by atoms with van der Waals surface area (Å²) in [4.78, 5) is 4.12. The van der Waals surface area contributed by atoms with Crippen LogP contribution >= 0.6 is 23.2 Å². The average molecular weight is 269 g/mol. The van der Waals surface area contributed by atoms with Crippen LogP contribution in [-0.4, -0.2) is 12.1 Å². The maximum Gasteiger partial charge on any atom is 0.132 e. The zero-order valence-electron chi connectivity index (χ0n) is 9.08. The van der Waals surface area contributed by atoms with E-state index in [0.717, 1.165) is 11.4 Å². The minimum atomic E-state index is 0.425. The van der Waals surface area contributed by atoms with E-state index in [1.807, 2.05) is 12.1 Å². The summed E-state index contributed by atoms with van der Waals surface area (Å²) < 4.78 is 5.13. The summed E-state index contributed by atoms with van der Waals surface area (Å²) in [6, 6.07) is 10.7. The Morgan fingerprint density at radius 1 is 1.18 bits per heavy atom. The first-order valence-corrected chi connectivity index (χ1v) is 5.68. The van der Waals surface area contributed by atoms with Crippen LogP contribution in [0, 0.1) is 0 Å². The lowest BCUT2D eigenvalue weighted by Crippen LogP contribution is -1.95. The van der Waals surface area contributed by atoms with Crippen LogP contribution in [0.5, 0.6) is 5.75 Å². The van der Waals surface area contributed by atoms with Gasteiger partial charge >= 0.3 is 0 Å². The molecule has 1 aromatic heterocycles. The van der Waals surface area contributed by atoms with Gasteiger partial charge in [-0.25, -0.2) is 4.98 Å². The van der Waals surface area contributed by atoms with Crippen molar-refractivity contribution in [2.24, 2.45) is 0 Å². The van der Waals surface area contributed by atoms with Gasteiger partial charge in [0.25, 0.3) is 0 Å². The number of nitrogens with zero attached hydrogens (tertiary/aromatic N) is 1. The van der Waals surface area contributed by atoms with Gasteiger partial charge in [-0.3, -0.25) is 0 Å². The number of nitrogens with one attached hydrogen (secondary N) is 1. The highest BCUT2D eigenvalue weighted by atomic mass is 35.5. The molecule has 0 amide bonds. The Kier molecular flexibility index (Phi) is 3.71. The summed E-state index contributed by atoms with van der Waals surface area (Å²) in [5, 5.41) is 4.10. The number of benzene rings is 1. The SMILES string of the molecule is COc1ccc(Cl)c(Nc2cccc(Cl)n2)c1. The number of hydrogen-bond acceptors (Lipinski definition) is 3. The minimum Gasteiger partial charge on any atom is -0.497 e. The molecular formula is C12H10Cl2N2O. The molecule has 0 aliphatic rings. The molecule has 0 bridgehead atoms. The molecule has 17 heavy (non-hydrogen) atoms. The van der Waals surface area contributed by atoms with Gasteiger partial charge in [0.05, 0.1) is 17.8 Å². The van der Waals surface area contributed by atoms with E-state index in [4.69, 9.17) is 27.9 Å². The van der Waals surface area contributed by atoms with Crippen molar-refractivity contribution < 1.29 is 4.74 Å². The monoisotopic (exact) mass is 268 g/mol. The van der Waals surface area contributed by atoms with E-state index in [1.165, 1.54) is 0 Å². The Bertz CT molecular complexity index is 532. The molecule has 0 radical (unpaired) electrons. The van der Waals surface area contributed by atoms with E-state index in [1.54, 1.807) is 31.4 Å². The second-order valence-corrected chi connectivity index (χ2v) is 4.11. The fourth-order valence-electron chi connectivity index (χ4n) is 1.34. The lowest BCUT2D eigenvalue weighted by molar-refractivity contribution is 0.415. The topological polar surface area (TPSA) is 34.1 Å². The first kappa shape index (κ1) is 12.0. The van der Waals surface area contributed by atoms with Crippen LogP contribution < -0.4 is 10.1 Å². The zero-order chi connectivity index (χ0) is 12.3. The molecule has 0 atom stereocenters. The summed E-state index contributed by atoms with van der Waals surface area (Å²) in [7, 11) is 1.60. The summed E-state index contributed by atoms with van der Waals surface area (Å²) in [5.41, 5.74) is 0.723. The Hall–Kier alpha value is -1.45. The molecule has 0 spiro atoms. The molecule has 0 saturated heterocycles. The molecule has 2 rings (SSSR count). The number of rotatable bonds is 3. The van der Waals surface area contributed by atoms with Gasteiger partial charge in [0, 0.05) is 6.07 Å². The number of hydrogen-bond donors (Lipinski definition) is 1. The summed E-state index contributed by atoms with van der Waals surface area (Å²) in [6.07, 6.45) is 0. The number of halogens is 2. The zero-order valence-corrected chi connectivity index (χ0v) is 10.6. The fourth-order valence-corrected chi connectivity index (χ4v) is 1.67. The number of ether oxygens (including phenoxy) is 1. The van der Waals surface area contributed by atoms with Crippen LogP contribution in [0.2, 0.25) is 10.2 Å². The van der Waals surface area contributed by atoms with Crippen molar-refractivity contribution in [3.05, 3.63) is 46.6 Å². The molecule has 0 saturated carbocycles. The van der Waals surface area contributed by atoms with Gasteiger partial charge in [-0.1, -0.05) is 29.3 Å². The normalized spacial score (nSPS) is 10.1. The molecular weight excluding hydrogens is 259 g/mol. The standard InChI is InChI=1S/C12H10Cl2N2O/c1-17-8-5-6-9(13)10(7-8)15-12-4-2-3-11(14)16-12/h2-7H,1H3,(H,15,16). The maximum absolute atomic E-state index is 6.06. The van der Waals surface area contributed by atoms with Crippen LogP contribution in [0.4, 0.5) is 11.5 Å². The lowest BCUT2D eigenvalue weighted by Gasteiger charge is -2.09. The van der Waals surface area contributed by atoms with Gasteiger partial charge in [-0.2, -0.15) is 0 Å². The first-order chi connectivity index (χ1) is 8.19. The molecule has 1 aromatic carbocycles. The summed E-state index contributed by atoms with van der Waals surface area (Å²) in [6.45, 7) is 0. The molecule has 88 valence electrons. The van der Waals surface area contributed by atoms with E-state index >= 15 is 0 Å². The van der Waals surface area contributed by atoms with Crippen LogP contribution in [0.15, 0.2) is 36.4 Å². The lowest BCUT2D eigenvalue weighted by atomic mass is 10.3. The Balaban J connectivity index is 2.29. The van der Waals surface area contributed by atoms with Crippen molar-refractivity contribution in [3.8, 4) is 5.75 Å². The second-order valence-electron chi connectivity index (χ2n) is 3.32. The first-order valence-electron chi connectivity index (χ1n) is 4.92. The number of aromatic nitrogens is 1. The smallest absolute Gasteiger partial charge is 0.132 e. The third-order valence-corrected chi connectivity index (χ3v) is 2.69. The number of pyridine rings is 1. The van der Waals surface area contributed by atoms with Crippen molar-refractivity contribution in [1.82, 2.24) is 4.98 Å². The van der Waals surface area contributed by atoms with Crippen LogP contribution in [0.25, 0.3) is 0 Å². The number of methoxy groups -OCH3 is 1. The summed E-state index contributed by atoms with van der Waals surface area (Å²) >= 11 is 11.9. The molecule has 0 unspecified atom stereocenters. The van der Waals surface area contributed by atoms with Crippen molar-refractivity contribution in [3.63, 3.8) is 0 Å². The van der Waals surface area contributed by atoms with Crippen molar-refractivity contribution in [2.75, 3.05) is 12.4 Å². The van der Waals surface area contributed by atoms with Crippen LogP contribution in [0.3, 0.4) is 0 Å². The highest BCUT2D eigenvalue weighted by Crippen LogP contribution is 2.29. The Labute approximate surface area is 109 Å². The molecule has 3 nitrogen and oxygen atoms in total.